The number of fused-ring (bicyclic) bond motifs is 1. The van der Waals surface area contributed by atoms with Crippen LogP contribution in [0.3, 0.4) is 0 Å². The van der Waals surface area contributed by atoms with E-state index in [4.69, 9.17) is 0 Å². The Morgan fingerprint density at radius 3 is 2.70 bits per heavy atom. The van der Waals surface area contributed by atoms with Crippen molar-refractivity contribution in [2.75, 3.05) is 5.01 Å². The lowest BCUT2D eigenvalue weighted by Crippen LogP contribution is -2.32. The molecule has 0 atom stereocenters. The maximum absolute atomic E-state index is 4.20. The van der Waals surface area contributed by atoms with Gasteiger partial charge in [0.15, 0.2) is 0 Å². The quantitative estimate of drug-likeness (QED) is 0.542. The molecule has 4 aromatic rings. The predicted octanol–water partition coefficient (Wildman–Crippen LogP) is 4.44. The van der Waals surface area contributed by atoms with Gasteiger partial charge in [0.2, 0.25) is 0 Å². The molecule has 0 spiro atoms. The fraction of sp³-hybridized carbons (Fsp3) is 0.105. The molecule has 0 saturated heterocycles. The zero-order valence-electron chi connectivity index (χ0n) is 12.7. The summed E-state index contributed by atoms with van der Waals surface area (Å²) in [5.41, 5.74) is 2.64. The Hall–Kier alpha value is -2.59. The number of hydrogen-bond donors (Lipinski definition) is 0. The summed E-state index contributed by atoms with van der Waals surface area (Å²) in [4.78, 5) is 4.20. The fourth-order valence-electron chi connectivity index (χ4n) is 2.81. The monoisotopic (exact) mass is 319 g/mol. The van der Waals surface area contributed by atoms with E-state index < -0.39 is 0 Å². The molecule has 2 heterocycles. The van der Waals surface area contributed by atoms with Crippen molar-refractivity contribution in [3.8, 4) is 0 Å². The second-order valence-electron chi connectivity index (χ2n) is 5.51. The van der Waals surface area contributed by atoms with Gasteiger partial charge in [-0.3, -0.25) is 4.68 Å². The highest BCUT2D eigenvalue weighted by atomic mass is 32.1. The number of imidazole rings is 1. The van der Waals surface area contributed by atoms with Crippen molar-refractivity contribution in [2.24, 2.45) is 0 Å². The second-order valence-corrected chi connectivity index (χ2v) is 6.42. The van der Waals surface area contributed by atoms with Gasteiger partial charge >= 0.3 is 0 Å². The van der Waals surface area contributed by atoms with Gasteiger partial charge in [-0.25, -0.2) is 4.98 Å². The Kier molecular flexibility index (Phi) is 3.82. The first-order valence-electron chi connectivity index (χ1n) is 7.62. The van der Waals surface area contributed by atoms with E-state index in [0.717, 1.165) is 13.1 Å². The molecule has 114 valence electrons. The van der Waals surface area contributed by atoms with Gasteiger partial charge in [0.1, 0.15) is 6.33 Å². The number of benzene rings is 2. The summed E-state index contributed by atoms with van der Waals surface area (Å²) >= 11 is 1.81. The largest absolute Gasteiger partial charge is 0.303 e. The molecule has 0 aliphatic heterocycles. The Labute approximate surface area is 139 Å². The van der Waals surface area contributed by atoms with Crippen LogP contribution in [0.25, 0.3) is 10.1 Å². The molecule has 4 rings (SSSR count). The topological polar surface area (TPSA) is 21.1 Å². The second kappa shape index (κ2) is 6.26. The molecule has 0 aliphatic carbocycles. The van der Waals surface area contributed by atoms with Gasteiger partial charge in [-0.15, -0.1) is 11.3 Å². The maximum atomic E-state index is 4.20. The molecule has 0 saturated carbocycles. The highest BCUT2D eigenvalue weighted by Crippen LogP contribution is 2.25. The van der Waals surface area contributed by atoms with Crippen LogP contribution in [0.15, 0.2) is 78.7 Å². The normalized spacial score (nSPS) is 11.0. The van der Waals surface area contributed by atoms with Gasteiger partial charge in [-0.2, -0.15) is 0 Å². The van der Waals surface area contributed by atoms with Crippen molar-refractivity contribution in [3.63, 3.8) is 0 Å². The SMILES string of the molecule is c1ccc(CN(Cc2cccc3ccsc23)n2ccnc2)cc1. The number of nitrogens with zero attached hydrogens (tertiary/aromatic N) is 3. The van der Waals surface area contributed by atoms with Gasteiger partial charge < -0.3 is 5.01 Å². The summed E-state index contributed by atoms with van der Waals surface area (Å²) in [7, 11) is 0. The maximum Gasteiger partial charge on any atom is 0.114 e. The molecule has 0 fully saturated rings. The lowest BCUT2D eigenvalue weighted by atomic mass is 10.1. The van der Waals surface area contributed by atoms with E-state index in [1.165, 1.54) is 21.2 Å². The Bertz CT molecular complexity index is 881. The molecular weight excluding hydrogens is 302 g/mol. The smallest absolute Gasteiger partial charge is 0.114 e. The summed E-state index contributed by atoms with van der Waals surface area (Å²) in [5.74, 6) is 0. The van der Waals surface area contributed by atoms with Gasteiger partial charge in [-0.1, -0.05) is 48.5 Å². The van der Waals surface area contributed by atoms with E-state index in [1.807, 2.05) is 30.1 Å². The summed E-state index contributed by atoms with van der Waals surface area (Å²) in [6.07, 6.45) is 5.68. The average Bonchev–Trinajstić information content (AvgIpc) is 3.27. The van der Waals surface area contributed by atoms with Crippen LogP contribution in [0.5, 0.6) is 0 Å². The fourth-order valence-corrected chi connectivity index (χ4v) is 3.72. The van der Waals surface area contributed by atoms with Gasteiger partial charge in [-0.05, 0) is 28.0 Å². The van der Waals surface area contributed by atoms with Crippen LogP contribution in [-0.4, -0.2) is 9.66 Å². The lowest BCUT2D eigenvalue weighted by molar-refractivity contribution is 0.577. The third-order valence-corrected chi connectivity index (χ3v) is 4.94. The summed E-state index contributed by atoms with van der Waals surface area (Å²) < 4.78 is 3.44. The molecule has 23 heavy (non-hydrogen) atoms. The van der Waals surface area contributed by atoms with Crippen LogP contribution < -0.4 is 5.01 Å². The van der Waals surface area contributed by atoms with E-state index in [1.54, 1.807) is 0 Å². The van der Waals surface area contributed by atoms with Gasteiger partial charge in [0.05, 0.1) is 13.1 Å². The molecule has 0 aliphatic rings. The minimum absolute atomic E-state index is 0.846. The first-order valence-corrected chi connectivity index (χ1v) is 8.50. The molecule has 2 aromatic heterocycles. The molecule has 4 heteroatoms. The van der Waals surface area contributed by atoms with E-state index in [2.05, 4.69) is 74.6 Å². The summed E-state index contributed by atoms with van der Waals surface area (Å²) in [6.45, 7) is 1.70. The van der Waals surface area contributed by atoms with E-state index in [0.29, 0.717) is 0 Å². The number of thiophene rings is 1. The van der Waals surface area contributed by atoms with Gasteiger partial charge in [0.25, 0.3) is 0 Å². The summed E-state index contributed by atoms with van der Waals surface area (Å²) in [6, 6.07) is 19.3. The number of rotatable bonds is 5. The van der Waals surface area contributed by atoms with E-state index in [-0.39, 0.29) is 0 Å². The van der Waals surface area contributed by atoms with E-state index in [9.17, 15) is 0 Å². The van der Waals surface area contributed by atoms with Crippen molar-refractivity contribution in [3.05, 3.63) is 89.8 Å². The third-order valence-electron chi connectivity index (χ3n) is 3.94. The molecule has 2 aromatic carbocycles. The average molecular weight is 319 g/mol. The molecule has 0 radical (unpaired) electrons. The van der Waals surface area contributed by atoms with Crippen LogP contribution in [-0.2, 0) is 13.1 Å². The molecule has 3 nitrogen and oxygen atoms in total. The van der Waals surface area contributed by atoms with Gasteiger partial charge in [0, 0.05) is 17.1 Å². The zero-order valence-corrected chi connectivity index (χ0v) is 13.5. The lowest BCUT2D eigenvalue weighted by Gasteiger charge is -2.26. The van der Waals surface area contributed by atoms with Crippen LogP contribution >= 0.6 is 11.3 Å². The van der Waals surface area contributed by atoms with Crippen LogP contribution in [0.1, 0.15) is 11.1 Å². The van der Waals surface area contributed by atoms with Crippen molar-refractivity contribution in [1.29, 1.82) is 0 Å². The minimum atomic E-state index is 0.846. The summed E-state index contributed by atoms with van der Waals surface area (Å²) in [5, 5.41) is 5.78. The number of aromatic nitrogens is 2. The Morgan fingerprint density at radius 1 is 0.957 bits per heavy atom. The van der Waals surface area contributed by atoms with Crippen molar-refractivity contribution >= 4 is 21.4 Å². The standard InChI is InChI=1S/C19H17N3S/c1-2-5-16(6-3-1)13-22(21-11-10-20-15-21)14-18-8-4-7-17-9-12-23-19(17)18/h1-12,15H,13-14H2. The van der Waals surface area contributed by atoms with Crippen molar-refractivity contribution in [1.82, 2.24) is 9.66 Å². The minimum Gasteiger partial charge on any atom is -0.303 e. The molecule has 0 amide bonds. The molecular formula is C19H17N3S. The third kappa shape index (κ3) is 2.98. The van der Waals surface area contributed by atoms with Crippen LogP contribution in [0.2, 0.25) is 0 Å². The predicted molar refractivity (Wildman–Crippen MR) is 96.1 cm³/mol. The molecule has 0 unspecified atom stereocenters. The first-order chi connectivity index (χ1) is 11.4. The van der Waals surface area contributed by atoms with Crippen LogP contribution in [0.4, 0.5) is 0 Å². The number of hydrogen-bond acceptors (Lipinski definition) is 3. The Morgan fingerprint density at radius 2 is 1.87 bits per heavy atom. The zero-order chi connectivity index (χ0) is 15.5. The van der Waals surface area contributed by atoms with Crippen molar-refractivity contribution in [2.45, 2.75) is 13.1 Å². The molecule has 0 N–H and O–H groups in total. The highest BCUT2D eigenvalue weighted by molar-refractivity contribution is 7.17. The van der Waals surface area contributed by atoms with Crippen molar-refractivity contribution < 1.29 is 0 Å². The van der Waals surface area contributed by atoms with E-state index >= 15 is 0 Å². The van der Waals surface area contributed by atoms with Crippen LogP contribution in [0, 0.1) is 0 Å². The highest BCUT2D eigenvalue weighted by Gasteiger charge is 2.10. The first kappa shape index (κ1) is 14.0. The molecule has 0 bridgehead atoms. The Balaban J connectivity index is 1.67.